The molecule has 3 aromatic rings. The van der Waals surface area contributed by atoms with Crippen LogP contribution in [0.25, 0.3) is 0 Å². The van der Waals surface area contributed by atoms with Gasteiger partial charge in [0.15, 0.2) is 11.1 Å². The summed E-state index contributed by atoms with van der Waals surface area (Å²) >= 11 is 1.12. The van der Waals surface area contributed by atoms with Crippen LogP contribution in [0.15, 0.2) is 53.0 Å². The minimum absolute atomic E-state index is 0.0262. The summed E-state index contributed by atoms with van der Waals surface area (Å²) in [6, 6.07) is 6.79. The number of hydrogen-bond donors (Lipinski definition) is 5. The molecule has 3 heterocycles. The molecule has 24 heteroatoms. The Kier molecular flexibility index (Phi) is 25.8. The molecule has 1 aliphatic heterocycles. The summed E-state index contributed by atoms with van der Waals surface area (Å²) in [6.45, 7) is 13.8. The molecule has 0 spiro atoms. The molecule has 5 N–H and O–H groups in total. The van der Waals surface area contributed by atoms with Gasteiger partial charge in [0.1, 0.15) is 35.8 Å². The van der Waals surface area contributed by atoms with Crippen molar-refractivity contribution in [2.45, 2.75) is 142 Å². The van der Waals surface area contributed by atoms with Gasteiger partial charge in [-0.15, -0.1) is 11.3 Å². The lowest BCUT2D eigenvalue weighted by atomic mass is 9.92. The summed E-state index contributed by atoms with van der Waals surface area (Å²) in [5.41, 5.74) is 5.20. The first-order valence-electron chi connectivity index (χ1n) is 25.0. The molecule has 4 rings (SSSR count). The number of phenols is 1. The first-order valence-corrected chi connectivity index (χ1v) is 28.2. The summed E-state index contributed by atoms with van der Waals surface area (Å²) in [5.74, 6) is -3.07. The third-order valence-corrected chi connectivity index (χ3v) is 15.8. The number of ether oxygens (including phenoxy) is 3. The van der Waals surface area contributed by atoms with Gasteiger partial charge >= 0.3 is 17.7 Å². The van der Waals surface area contributed by atoms with E-state index in [2.05, 4.69) is 31.5 Å². The molecule has 1 aromatic carbocycles. The van der Waals surface area contributed by atoms with Gasteiger partial charge in [-0.25, -0.2) is 20.2 Å². The molecule has 2 aromatic heterocycles. The van der Waals surface area contributed by atoms with Crippen LogP contribution in [0.5, 0.6) is 5.75 Å². The number of likely N-dealkylation sites (N-methyl/N-ethyl adjacent to an activating group) is 1. The largest absolute Gasteiger partial charge is 0.508 e. The Labute approximate surface area is 445 Å². The number of pyridine rings is 1. The van der Waals surface area contributed by atoms with Crippen LogP contribution in [0.2, 0.25) is 0 Å². The molecule has 7 atom stereocenters. The number of nitrogens with one attached hydrogen (secondary N) is 4. The number of nitro groups is 1. The van der Waals surface area contributed by atoms with Gasteiger partial charge in [-0.05, 0) is 92.1 Å². The number of piperidine rings is 1. The van der Waals surface area contributed by atoms with E-state index in [4.69, 9.17) is 14.2 Å². The Morgan fingerprint density at radius 1 is 1.01 bits per heavy atom. The average molecular weight is 1090 g/mol. The number of benzene rings is 1. The van der Waals surface area contributed by atoms with Gasteiger partial charge in [0.05, 0.1) is 11.0 Å². The fourth-order valence-corrected chi connectivity index (χ4v) is 10.9. The second kappa shape index (κ2) is 31.4. The van der Waals surface area contributed by atoms with E-state index < -0.39 is 58.9 Å². The number of esters is 1. The van der Waals surface area contributed by atoms with E-state index in [-0.39, 0.29) is 90.2 Å². The highest BCUT2D eigenvalue weighted by Crippen LogP contribution is 2.35. The highest BCUT2D eigenvalue weighted by atomic mass is 33.1. The smallest absolute Gasteiger partial charge is 0.426 e. The molecule has 1 fully saturated rings. The number of aromatic nitrogens is 2. The van der Waals surface area contributed by atoms with Crippen molar-refractivity contribution in [3.05, 3.63) is 74.4 Å². The van der Waals surface area contributed by atoms with E-state index in [0.29, 0.717) is 24.5 Å². The number of amides is 5. The van der Waals surface area contributed by atoms with Gasteiger partial charge in [-0.1, -0.05) is 83.7 Å². The molecular weight excluding hydrogens is 1010 g/mol. The number of unbranched alkanes of at least 4 members (excludes halogenated alkanes) is 1. The number of rotatable bonds is 29. The normalized spacial score (nSPS) is 16.1. The van der Waals surface area contributed by atoms with Crippen molar-refractivity contribution in [2.75, 3.05) is 39.3 Å². The molecule has 5 amide bonds. The molecule has 408 valence electrons. The second-order valence-corrected chi connectivity index (χ2v) is 22.0. The molecule has 0 aliphatic carbocycles. The molecule has 1 saturated heterocycles. The second-order valence-electron chi connectivity index (χ2n) is 18.7. The van der Waals surface area contributed by atoms with Crippen LogP contribution >= 0.6 is 32.9 Å². The molecule has 0 radical (unpaired) electrons. The Morgan fingerprint density at radius 3 is 2.42 bits per heavy atom. The van der Waals surface area contributed by atoms with Crippen molar-refractivity contribution in [3.63, 3.8) is 0 Å². The predicted molar refractivity (Wildman–Crippen MR) is 283 cm³/mol. The zero-order chi connectivity index (χ0) is 54.3. The van der Waals surface area contributed by atoms with Crippen molar-refractivity contribution in [2.24, 2.45) is 17.8 Å². The molecule has 74 heavy (non-hydrogen) atoms. The van der Waals surface area contributed by atoms with Gasteiger partial charge in [-0.3, -0.25) is 44.4 Å². The zero-order valence-corrected chi connectivity index (χ0v) is 46.0. The van der Waals surface area contributed by atoms with Crippen LogP contribution in [-0.4, -0.2) is 129 Å². The number of hydrogen-bond acceptors (Lipinski definition) is 18. The summed E-state index contributed by atoms with van der Waals surface area (Å²) in [4.78, 5) is 104. The first-order chi connectivity index (χ1) is 35.3. The molecular formula is C50H73N9O12S3. The first kappa shape index (κ1) is 61.0. The SMILES string of the molecule is CCCCOCN(C(=O)[C@@H](NC(=O)[C@H]1CCCCN1C)[C@@H](C)CC)[C@H](C[C@@H](OC(C)=O)c1nc(C(=O)N[C@@H](Cc2ccc(O)cc2)C[C@H](C)C(=O)NNC(=O)OCCSSc2ncccc2[N+](=O)[O-])cs1)C(C)C. The molecule has 1 aliphatic rings. The predicted octanol–water partition coefficient (Wildman–Crippen LogP) is 7.35. The van der Waals surface area contributed by atoms with Gasteiger partial charge in [0.2, 0.25) is 17.7 Å². The lowest BCUT2D eigenvalue weighted by Gasteiger charge is -2.40. The third kappa shape index (κ3) is 19.6. The number of nitrogens with zero attached hydrogens (tertiary/aromatic N) is 5. The van der Waals surface area contributed by atoms with Crippen LogP contribution in [0.4, 0.5) is 10.5 Å². The third-order valence-electron chi connectivity index (χ3n) is 12.6. The van der Waals surface area contributed by atoms with Crippen molar-refractivity contribution in [3.8, 4) is 5.75 Å². The Morgan fingerprint density at radius 2 is 1.76 bits per heavy atom. The lowest BCUT2D eigenvalue weighted by molar-refractivity contribution is -0.388. The highest BCUT2D eigenvalue weighted by molar-refractivity contribution is 8.76. The van der Waals surface area contributed by atoms with E-state index in [9.17, 15) is 44.0 Å². The van der Waals surface area contributed by atoms with E-state index >= 15 is 0 Å². The highest BCUT2D eigenvalue weighted by Gasteiger charge is 2.39. The number of carbonyl (C=O) groups excluding carboxylic acids is 6. The quantitative estimate of drug-likeness (QED) is 0.0113. The lowest BCUT2D eigenvalue weighted by Crippen LogP contribution is -2.59. The zero-order valence-electron chi connectivity index (χ0n) is 43.5. The number of phenolic OH excluding ortho intramolecular Hbond substituents is 1. The monoisotopic (exact) mass is 1090 g/mol. The molecule has 21 nitrogen and oxygen atoms in total. The number of aromatic hydroxyl groups is 1. The summed E-state index contributed by atoms with van der Waals surface area (Å²) in [6.07, 6.45) is 4.89. The maximum atomic E-state index is 14.9. The number of likely N-dealkylation sites (tertiary alicyclic amines) is 1. The van der Waals surface area contributed by atoms with E-state index in [0.717, 1.165) is 59.9 Å². The van der Waals surface area contributed by atoms with Gasteiger partial charge in [0.25, 0.3) is 5.91 Å². The van der Waals surface area contributed by atoms with Crippen molar-refractivity contribution in [1.29, 1.82) is 0 Å². The fraction of sp³-hybridized carbons (Fsp3) is 0.600. The number of thiazole rings is 1. The van der Waals surface area contributed by atoms with Crippen LogP contribution in [0, 0.1) is 27.9 Å². The molecule has 0 unspecified atom stereocenters. The van der Waals surface area contributed by atoms with E-state index in [1.165, 1.54) is 48.2 Å². The van der Waals surface area contributed by atoms with E-state index in [1.54, 1.807) is 29.3 Å². The minimum atomic E-state index is -0.978. The Hall–Kier alpha value is -5.56. The topological polar surface area (TPSA) is 274 Å². The Bertz CT molecular complexity index is 2310. The maximum absolute atomic E-state index is 14.9. The van der Waals surface area contributed by atoms with Gasteiger partial charge in [-0.2, -0.15) is 0 Å². The minimum Gasteiger partial charge on any atom is -0.508 e. The van der Waals surface area contributed by atoms with Crippen molar-refractivity contribution in [1.82, 2.24) is 41.3 Å². The van der Waals surface area contributed by atoms with Crippen molar-refractivity contribution < 1.29 is 53.0 Å². The average Bonchev–Trinajstić information content (AvgIpc) is 3.87. The number of carbonyl (C=O) groups is 6. The summed E-state index contributed by atoms with van der Waals surface area (Å²) in [5, 5.41) is 29.3. The van der Waals surface area contributed by atoms with Crippen LogP contribution in [0.1, 0.15) is 127 Å². The molecule has 0 saturated carbocycles. The Balaban J connectivity index is 1.48. The fourth-order valence-electron chi connectivity index (χ4n) is 8.19. The van der Waals surface area contributed by atoms with E-state index in [1.807, 2.05) is 46.6 Å². The summed E-state index contributed by atoms with van der Waals surface area (Å²) < 4.78 is 17.2. The standard InChI is InChI=1S/C50H73N9O12S3/c1-9-11-23-69-30-58(49(65)43(32(5)10-2)54-46(64)39-15-12-13-22-57(39)8)41(31(3)4)28-42(71-34(7)60)48-53-38(29-72-48)45(63)52-36(27-35-17-19-37(61)20-18-35)26-33(6)44(62)55-56-50(66)70-24-25-73-74-47-40(59(67)68)16-14-21-51-47/h14,16-21,29,31-33,36,39,41-43,61H,9-13,15,22-28,30H2,1-8H3,(H,52,63)(H,54,64)(H,55,62)(H,56,66)/t32-,33-,36+,39+,41+,42+,43-/m0/s1. The summed E-state index contributed by atoms with van der Waals surface area (Å²) in [7, 11) is 4.19. The van der Waals surface area contributed by atoms with Crippen LogP contribution in [0.3, 0.4) is 0 Å². The van der Waals surface area contributed by atoms with Gasteiger partial charge < -0.3 is 34.9 Å². The maximum Gasteiger partial charge on any atom is 0.426 e. The van der Waals surface area contributed by atoms with Crippen molar-refractivity contribution >= 4 is 74.3 Å². The van der Waals surface area contributed by atoms with Crippen LogP contribution in [-0.2, 0) is 39.8 Å². The van der Waals surface area contributed by atoms with Crippen LogP contribution < -0.4 is 21.5 Å². The number of hydrazine groups is 1. The molecule has 0 bridgehead atoms. The van der Waals surface area contributed by atoms with Gasteiger partial charge in [0, 0.05) is 61.3 Å².